The summed E-state index contributed by atoms with van der Waals surface area (Å²) in [5.41, 5.74) is 10.8. The molecule has 52 heavy (non-hydrogen) atoms. The largest absolute Gasteiger partial charge is 0.454 e. The molecule has 11 rings (SSSR count). The van der Waals surface area contributed by atoms with Gasteiger partial charge >= 0.3 is 0 Å². The number of aromatic nitrogens is 2. The van der Waals surface area contributed by atoms with Gasteiger partial charge in [0.1, 0.15) is 19.1 Å². The van der Waals surface area contributed by atoms with Crippen molar-refractivity contribution in [2.45, 2.75) is 0 Å². The van der Waals surface area contributed by atoms with Crippen molar-refractivity contribution < 1.29 is 4.42 Å². The van der Waals surface area contributed by atoms with E-state index in [4.69, 9.17) is 14.4 Å². The summed E-state index contributed by atoms with van der Waals surface area (Å²) in [6, 6.07) is 57.5. The zero-order valence-corrected chi connectivity index (χ0v) is 28.3. The summed E-state index contributed by atoms with van der Waals surface area (Å²) < 4.78 is 7.02. The Balaban J connectivity index is 1.37. The number of hydrazine groups is 1. The molecular formula is C46H29BN4O. The van der Waals surface area contributed by atoms with Crippen LogP contribution < -0.4 is 15.5 Å². The van der Waals surface area contributed by atoms with Gasteiger partial charge in [-0.25, -0.2) is 20.0 Å². The first-order valence-corrected chi connectivity index (χ1v) is 17.6. The molecule has 0 amide bonds. The van der Waals surface area contributed by atoms with Crippen molar-refractivity contribution in [2.75, 3.05) is 10.0 Å². The molecule has 1 aliphatic heterocycles. The molecule has 8 aromatic carbocycles. The third-order valence-corrected chi connectivity index (χ3v) is 10.5. The van der Waals surface area contributed by atoms with Crippen molar-refractivity contribution >= 4 is 90.7 Å². The minimum atomic E-state index is 0.554. The van der Waals surface area contributed by atoms with Crippen LogP contribution in [0.1, 0.15) is 0 Å². The van der Waals surface area contributed by atoms with Gasteiger partial charge in [-0.1, -0.05) is 139 Å². The Hall–Kier alpha value is -6.92. The summed E-state index contributed by atoms with van der Waals surface area (Å²) in [6.07, 6.45) is 0. The predicted molar refractivity (Wildman–Crippen MR) is 218 cm³/mol. The maximum absolute atomic E-state index is 7.02. The SMILES string of the molecule is Bc1ccccc1-c1nc(N2c3c(c4ccccc4c4c3oc3ccccc34)-c3c(ccc4ccccc34)N2c2ccccc2)nc2ccccc12. The van der Waals surface area contributed by atoms with Crippen molar-refractivity contribution in [2.24, 2.45) is 0 Å². The summed E-state index contributed by atoms with van der Waals surface area (Å²) in [6.45, 7) is 0. The third-order valence-electron chi connectivity index (χ3n) is 10.5. The molecule has 0 bridgehead atoms. The molecule has 0 unspecified atom stereocenters. The van der Waals surface area contributed by atoms with Crippen molar-refractivity contribution in [3.8, 4) is 22.4 Å². The molecule has 0 spiro atoms. The van der Waals surface area contributed by atoms with Gasteiger partial charge in [0.2, 0.25) is 0 Å². The Bertz CT molecular complexity index is 3060. The molecule has 0 radical (unpaired) electrons. The van der Waals surface area contributed by atoms with E-state index in [9.17, 15) is 0 Å². The summed E-state index contributed by atoms with van der Waals surface area (Å²) in [5.74, 6) is 0.554. The minimum Gasteiger partial charge on any atom is -0.454 e. The van der Waals surface area contributed by atoms with E-state index in [0.717, 1.165) is 88.5 Å². The Morgan fingerprint density at radius 1 is 0.500 bits per heavy atom. The van der Waals surface area contributed by atoms with Gasteiger partial charge in [-0.3, -0.25) is 0 Å². The summed E-state index contributed by atoms with van der Waals surface area (Å²) in [7, 11) is 2.14. The number of nitrogens with zero attached hydrogens (tertiary/aromatic N) is 4. The van der Waals surface area contributed by atoms with E-state index in [1.165, 1.54) is 10.8 Å². The molecule has 6 heteroatoms. The monoisotopic (exact) mass is 664 g/mol. The van der Waals surface area contributed by atoms with Crippen molar-refractivity contribution in [3.63, 3.8) is 0 Å². The van der Waals surface area contributed by atoms with E-state index in [1.54, 1.807) is 0 Å². The second-order valence-electron chi connectivity index (χ2n) is 13.4. The molecule has 1 aliphatic rings. The lowest BCUT2D eigenvalue weighted by molar-refractivity contribution is 0.667. The number of furan rings is 1. The van der Waals surface area contributed by atoms with Crippen molar-refractivity contribution in [3.05, 3.63) is 164 Å². The van der Waals surface area contributed by atoms with Gasteiger partial charge in [-0.15, -0.1) is 0 Å². The average Bonchev–Trinajstić information content (AvgIpc) is 3.60. The Kier molecular flexibility index (Phi) is 6.13. The molecule has 0 N–H and O–H groups in total. The maximum atomic E-state index is 7.02. The molecular weight excluding hydrogens is 635 g/mol. The topological polar surface area (TPSA) is 45.4 Å². The van der Waals surface area contributed by atoms with E-state index in [1.807, 2.05) is 12.1 Å². The van der Waals surface area contributed by atoms with Crippen LogP contribution in [0.15, 0.2) is 168 Å². The molecule has 0 aliphatic carbocycles. The average molecular weight is 665 g/mol. The summed E-state index contributed by atoms with van der Waals surface area (Å²) >= 11 is 0. The van der Waals surface area contributed by atoms with Gasteiger partial charge < -0.3 is 4.42 Å². The van der Waals surface area contributed by atoms with Gasteiger partial charge in [-0.2, -0.15) is 0 Å². The van der Waals surface area contributed by atoms with Crippen LogP contribution >= 0.6 is 0 Å². The van der Waals surface area contributed by atoms with Crippen LogP contribution in [0.5, 0.6) is 0 Å². The molecule has 0 saturated heterocycles. The van der Waals surface area contributed by atoms with Gasteiger partial charge in [0.25, 0.3) is 5.95 Å². The highest BCUT2D eigenvalue weighted by Crippen LogP contribution is 2.57. The zero-order chi connectivity index (χ0) is 34.3. The first kappa shape index (κ1) is 28.9. The number of benzene rings is 8. The van der Waals surface area contributed by atoms with E-state index in [-0.39, 0.29) is 0 Å². The van der Waals surface area contributed by atoms with Crippen LogP contribution in [0.3, 0.4) is 0 Å². The van der Waals surface area contributed by atoms with E-state index < -0.39 is 0 Å². The Labute approximate surface area is 300 Å². The number of hydrogen-bond donors (Lipinski definition) is 0. The second kappa shape index (κ2) is 11.0. The molecule has 242 valence electrons. The second-order valence-corrected chi connectivity index (χ2v) is 13.4. The van der Waals surface area contributed by atoms with Crippen molar-refractivity contribution in [1.29, 1.82) is 0 Å². The van der Waals surface area contributed by atoms with Gasteiger partial charge in [-0.05, 0) is 57.4 Å². The van der Waals surface area contributed by atoms with Crippen LogP contribution in [0.2, 0.25) is 0 Å². The highest BCUT2D eigenvalue weighted by atomic mass is 16.3. The fourth-order valence-electron chi connectivity index (χ4n) is 8.22. The lowest BCUT2D eigenvalue weighted by Crippen LogP contribution is -2.40. The zero-order valence-electron chi connectivity index (χ0n) is 28.3. The predicted octanol–water partition coefficient (Wildman–Crippen LogP) is 10.6. The minimum absolute atomic E-state index is 0.554. The lowest BCUT2D eigenvalue weighted by atomic mass is 9.87. The van der Waals surface area contributed by atoms with Crippen LogP contribution in [0.4, 0.5) is 23.0 Å². The van der Waals surface area contributed by atoms with Crippen LogP contribution in [-0.4, -0.2) is 17.8 Å². The molecule has 3 heterocycles. The number of anilines is 4. The third kappa shape index (κ3) is 4.06. The maximum Gasteiger partial charge on any atom is 0.251 e. The quantitative estimate of drug-likeness (QED) is 0.176. The molecule has 0 saturated carbocycles. The van der Waals surface area contributed by atoms with E-state index >= 15 is 0 Å². The normalized spacial score (nSPS) is 12.6. The van der Waals surface area contributed by atoms with Crippen LogP contribution in [-0.2, 0) is 0 Å². The van der Waals surface area contributed by atoms with Gasteiger partial charge in [0.05, 0.1) is 22.6 Å². The first-order chi connectivity index (χ1) is 25.7. The number of hydrogen-bond acceptors (Lipinski definition) is 5. The first-order valence-electron chi connectivity index (χ1n) is 17.6. The smallest absolute Gasteiger partial charge is 0.251 e. The van der Waals surface area contributed by atoms with Gasteiger partial charge in [0, 0.05) is 27.3 Å². The molecule has 2 aromatic heterocycles. The Morgan fingerprint density at radius 3 is 2.02 bits per heavy atom. The molecule has 0 atom stereocenters. The van der Waals surface area contributed by atoms with E-state index in [2.05, 4.69) is 170 Å². The van der Waals surface area contributed by atoms with Crippen LogP contribution in [0, 0.1) is 0 Å². The highest BCUT2D eigenvalue weighted by molar-refractivity contribution is 6.36. The molecule has 10 aromatic rings. The summed E-state index contributed by atoms with van der Waals surface area (Å²) in [5, 5.41) is 12.3. The van der Waals surface area contributed by atoms with Crippen LogP contribution in [0.25, 0.3) is 76.8 Å². The number of para-hydroxylation sites is 3. The number of rotatable bonds is 3. The van der Waals surface area contributed by atoms with Crippen molar-refractivity contribution in [1.82, 2.24) is 9.97 Å². The standard InChI is InChI=1S/C46H29BN4O/c47-36-23-11-8-20-33(36)43-34-21-9-12-24-37(34)48-46(49-43)51-44-42(32-19-7-6-18-31(32)40-35-22-10-13-25-39(35)52-45(40)44)41-30-17-5-4-14-28(30)26-27-38(41)50(51)29-15-2-1-3-16-29/h1-27H,47H2. The fraction of sp³-hybridized carbons (Fsp3) is 0. The van der Waals surface area contributed by atoms with E-state index in [0.29, 0.717) is 5.95 Å². The molecule has 5 nitrogen and oxygen atoms in total. The molecule has 0 fully saturated rings. The number of fused-ring (bicyclic) bond motifs is 13. The highest BCUT2D eigenvalue weighted by Gasteiger charge is 2.38. The lowest BCUT2D eigenvalue weighted by Gasteiger charge is -2.43. The fourth-order valence-corrected chi connectivity index (χ4v) is 8.22. The Morgan fingerprint density at radius 2 is 1.17 bits per heavy atom. The summed E-state index contributed by atoms with van der Waals surface area (Å²) in [4.78, 5) is 10.9. The van der Waals surface area contributed by atoms with Gasteiger partial charge in [0.15, 0.2) is 5.58 Å².